The van der Waals surface area contributed by atoms with E-state index in [-0.39, 0.29) is 12.2 Å². The number of aliphatic hydroxyl groups is 2. The molecule has 0 aromatic carbocycles. The number of hydrogen-bond donors (Lipinski definition) is 2. The van der Waals surface area contributed by atoms with E-state index in [1.165, 1.54) is 77.0 Å². The SMILES string of the molecule is CC.CC12CCC3C(CCC4CC(O)CCC43C)C1CCC2CCCC(O)C1CCC1. The molecule has 9 unspecified atom stereocenters. The number of rotatable bonds is 5. The summed E-state index contributed by atoms with van der Waals surface area (Å²) in [5.74, 6) is 5.14. The van der Waals surface area contributed by atoms with Gasteiger partial charge in [-0.05, 0) is 130 Å². The third kappa shape index (κ3) is 4.27. The van der Waals surface area contributed by atoms with E-state index in [0.29, 0.717) is 16.7 Å². The quantitative estimate of drug-likeness (QED) is 0.476. The van der Waals surface area contributed by atoms with Crippen LogP contribution in [0.1, 0.15) is 124 Å². The van der Waals surface area contributed by atoms with Crippen molar-refractivity contribution in [2.45, 2.75) is 136 Å². The monoisotopic (exact) mass is 432 g/mol. The van der Waals surface area contributed by atoms with Gasteiger partial charge in [0.05, 0.1) is 12.2 Å². The smallest absolute Gasteiger partial charge is 0.0568 e. The lowest BCUT2D eigenvalue weighted by Gasteiger charge is -2.61. The van der Waals surface area contributed by atoms with Crippen LogP contribution in [-0.2, 0) is 0 Å². The Morgan fingerprint density at radius 1 is 0.839 bits per heavy atom. The lowest BCUT2D eigenvalue weighted by atomic mass is 9.44. The number of fused-ring (bicyclic) bond motifs is 5. The average molecular weight is 433 g/mol. The van der Waals surface area contributed by atoms with Crippen LogP contribution >= 0.6 is 0 Å². The second-order valence-corrected chi connectivity index (χ2v) is 12.6. The van der Waals surface area contributed by atoms with E-state index in [0.717, 1.165) is 48.9 Å². The molecule has 5 saturated carbocycles. The van der Waals surface area contributed by atoms with Gasteiger partial charge in [0.2, 0.25) is 0 Å². The molecule has 5 aliphatic rings. The van der Waals surface area contributed by atoms with Gasteiger partial charge in [-0.3, -0.25) is 0 Å². The van der Waals surface area contributed by atoms with Gasteiger partial charge in [0, 0.05) is 0 Å². The summed E-state index contributed by atoms with van der Waals surface area (Å²) in [5.41, 5.74) is 1.08. The first-order chi connectivity index (χ1) is 14.9. The van der Waals surface area contributed by atoms with E-state index in [4.69, 9.17) is 0 Å². The van der Waals surface area contributed by atoms with Gasteiger partial charge in [-0.1, -0.05) is 40.5 Å². The molecule has 2 N–H and O–H groups in total. The summed E-state index contributed by atoms with van der Waals surface area (Å²) in [4.78, 5) is 0. The molecule has 2 heteroatoms. The molecule has 5 aliphatic carbocycles. The fourth-order valence-electron chi connectivity index (χ4n) is 9.45. The number of hydrogen-bond acceptors (Lipinski definition) is 2. The van der Waals surface area contributed by atoms with Crippen molar-refractivity contribution >= 4 is 0 Å². The first kappa shape index (κ1) is 24.1. The minimum absolute atomic E-state index is 0.0126. The molecule has 180 valence electrons. The fraction of sp³-hybridized carbons (Fsp3) is 1.00. The Hall–Kier alpha value is -0.0800. The van der Waals surface area contributed by atoms with Gasteiger partial charge in [-0.15, -0.1) is 0 Å². The van der Waals surface area contributed by atoms with Crippen molar-refractivity contribution < 1.29 is 10.2 Å². The topological polar surface area (TPSA) is 40.5 Å². The van der Waals surface area contributed by atoms with E-state index < -0.39 is 0 Å². The van der Waals surface area contributed by atoms with Crippen LogP contribution in [0.4, 0.5) is 0 Å². The third-order valence-corrected chi connectivity index (χ3v) is 11.6. The van der Waals surface area contributed by atoms with Crippen LogP contribution in [0.25, 0.3) is 0 Å². The van der Waals surface area contributed by atoms with Crippen molar-refractivity contribution in [3.8, 4) is 0 Å². The van der Waals surface area contributed by atoms with E-state index in [2.05, 4.69) is 13.8 Å². The summed E-state index contributed by atoms with van der Waals surface area (Å²) in [7, 11) is 0. The summed E-state index contributed by atoms with van der Waals surface area (Å²) >= 11 is 0. The Bertz CT molecular complexity index is 585. The molecule has 5 rings (SSSR count). The van der Waals surface area contributed by atoms with Gasteiger partial charge in [0.15, 0.2) is 0 Å². The van der Waals surface area contributed by atoms with Crippen molar-refractivity contribution in [3.63, 3.8) is 0 Å². The maximum Gasteiger partial charge on any atom is 0.0568 e. The lowest BCUT2D eigenvalue weighted by molar-refractivity contribution is -0.127. The van der Waals surface area contributed by atoms with E-state index in [1.54, 1.807) is 0 Å². The predicted octanol–water partition coefficient (Wildman–Crippen LogP) is 7.36. The minimum Gasteiger partial charge on any atom is -0.393 e. The average Bonchev–Trinajstić information content (AvgIpc) is 3.05. The van der Waals surface area contributed by atoms with E-state index >= 15 is 0 Å². The van der Waals surface area contributed by atoms with E-state index in [1.807, 2.05) is 13.8 Å². The molecule has 0 aromatic rings. The minimum atomic E-state index is -0.0235. The summed E-state index contributed by atoms with van der Waals surface area (Å²) in [6.45, 7) is 9.27. The lowest BCUT2D eigenvalue weighted by Crippen LogP contribution is -2.53. The maximum atomic E-state index is 10.4. The van der Waals surface area contributed by atoms with Crippen LogP contribution in [0.2, 0.25) is 0 Å². The van der Waals surface area contributed by atoms with Crippen molar-refractivity contribution in [1.29, 1.82) is 0 Å². The molecule has 9 atom stereocenters. The second kappa shape index (κ2) is 9.65. The summed E-state index contributed by atoms with van der Waals surface area (Å²) in [5, 5.41) is 20.7. The van der Waals surface area contributed by atoms with Crippen LogP contribution in [0, 0.1) is 46.3 Å². The molecule has 0 aromatic heterocycles. The standard InChI is InChI=1S/C27H46O2.C2H6/c1-26-16-14-24-22(11-9-20-17-21(28)13-15-27(20,24)2)23(26)12-10-19(26)7-4-8-25(29)18-5-3-6-18;1-2/h18-25,28-29H,3-17H2,1-2H3;1-2H3. The first-order valence-corrected chi connectivity index (χ1v) is 14.3. The van der Waals surface area contributed by atoms with Gasteiger partial charge in [0.1, 0.15) is 0 Å². The molecule has 0 aliphatic heterocycles. The van der Waals surface area contributed by atoms with Crippen molar-refractivity contribution in [3.05, 3.63) is 0 Å². The second-order valence-electron chi connectivity index (χ2n) is 12.6. The number of aliphatic hydroxyl groups excluding tert-OH is 2. The molecule has 31 heavy (non-hydrogen) atoms. The maximum absolute atomic E-state index is 10.4. The highest BCUT2D eigenvalue weighted by molar-refractivity contribution is 5.09. The zero-order valence-corrected chi connectivity index (χ0v) is 21.1. The Labute approximate surface area is 193 Å². The molecule has 5 fully saturated rings. The zero-order chi connectivity index (χ0) is 22.2. The van der Waals surface area contributed by atoms with Crippen molar-refractivity contribution in [2.24, 2.45) is 46.3 Å². The highest BCUT2D eigenvalue weighted by Crippen LogP contribution is 2.67. The molecular weight excluding hydrogens is 380 g/mol. The Morgan fingerprint density at radius 2 is 1.55 bits per heavy atom. The molecule has 0 bridgehead atoms. The van der Waals surface area contributed by atoms with Gasteiger partial charge in [0.25, 0.3) is 0 Å². The highest BCUT2D eigenvalue weighted by Gasteiger charge is 2.59. The summed E-state index contributed by atoms with van der Waals surface area (Å²) < 4.78 is 0. The van der Waals surface area contributed by atoms with Gasteiger partial charge in [-0.2, -0.15) is 0 Å². The van der Waals surface area contributed by atoms with Crippen LogP contribution in [-0.4, -0.2) is 22.4 Å². The normalized spacial score (nSPS) is 47.8. The van der Waals surface area contributed by atoms with E-state index in [9.17, 15) is 10.2 Å². The van der Waals surface area contributed by atoms with Crippen LogP contribution in [0.15, 0.2) is 0 Å². The van der Waals surface area contributed by atoms with Crippen molar-refractivity contribution in [1.82, 2.24) is 0 Å². The molecule has 0 spiro atoms. The molecule has 0 amide bonds. The molecule has 2 nitrogen and oxygen atoms in total. The van der Waals surface area contributed by atoms with Gasteiger partial charge in [-0.25, -0.2) is 0 Å². The first-order valence-electron chi connectivity index (χ1n) is 14.3. The Kier molecular flexibility index (Phi) is 7.49. The van der Waals surface area contributed by atoms with Gasteiger partial charge < -0.3 is 10.2 Å². The Morgan fingerprint density at radius 3 is 2.26 bits per heavy atom. The largest absolute Gasteiger partial charge is 0.393 e. The molecule has 0 radical (unpaired) electrons. The zero-order valence-electron chi connectivity index (χ0n) is 21.1. The summed E-state index contributed by atoms with van der Waals surface area (Å²) in [6.07, 6.45) is 19.5. The van der Waals surface area contributed by atoms with Crippen LogP contribution < -0.4 is 0 Å². The highest BCUT2D eigenvalue weighted by atomic mass is 16.3. The van der Waals surface area contributed by atoms with Crippen LogP contribution in [0.5, 0.6) is 0 Å². The third-order valence-electron chi connectivity index (χ3n) is 11.6. The summed E-state index contributed by atoms with van der Waals surface area (Å²) in [6, 6.07) is 0. The molecule has 0 heterocycles. The molecular formula is C29H52O2. The Balaban J connectivity index is 0.00000112. The fourth-order valence-corrected chi connectivity index (χ4v) is 9.45. The van der Waals surface area contributed by atoms with Gasteiger partial charge >= 0.3 is 0 Å². The molecule has 0 saturated heterocycles. The van der Waals surface area contributed by atoms with Crippen molar-refractivity contribution in [2.75, 3.05) is 0 Å². The predicted molar refractivity (Wildman–Crippen MR) is 130 cm³/mol. The van der Waals surface area contributed by atoms with Crippen LogP contribution in [0.3, 0.4) is 0 Å².